The average Bonchev–Trinajstić information content (AvgIpc) is 2.43. The Balaban J connectivity index is 3.39. The predicted octanol–water partition coefficient (Wildman–Crippen LogP) is -1.09. The molecule has 7 nitrogen and oxygen atoms in total. The van der Waals surface area contributed by atoms with Gasteiger partial charge in [-0.25, -0.2) is 0 Å². The topological polar surface area (TPSA) is 109 Å². The van der Waals surface area contributed by atoms with Crippen LogP contribution in [0, 0.1) is 0 Å². The average molecular weight is 296 g/mol. The Kier molecular flexibility index (Phi) is 13.5. The maximum absolute atomic E-state index is 9.52. The van der Waals surface area contributed by atoms with Crippen molar-refractivity contribution in [2.75, 3.05) is 46.2 Å². The molecule has 122 valence electrons. The second kappa shape index (κ2) is 13.7. The van der Waals surface area contributed by atoms with E-state index in [1.54, 1.807) is 0 Å². The lowest BCUT2D eigenvalue weighted by atomic mass is 10.3. The molecule has 3 unspecified atom stereocenters. The van der Waals surface area contributed by atoms with Crippen LogP contribution < -0.4 is 0 Å². The summed E-state index contributed by atoms with van der Waals surface area (Å²) in [5.41, 5.74) is 0. The van der Waals surface area contributed by atoms with E-state index in [-0.39, 0.29) is 39.6 Å². The molecule has 0 aliphatic heterocycles. The molecule has 0 rings (SSSR count). The third-order valence-electron chi connectivity index (χ3n) is 2.40. The summed E-state index contributed by atoms with van der Waals surface area (Å²) < 4.78 is 15.3. The minimum Gasteiger partial charge on any atom is -0.394 e. The first kappa shape index (κ1) is 19.7. The van der Waals surface area contributed by atoms with Crippen molar-refractivity contribution >= 4 is 0 Å². The first-order valence-corrected chi connectivity index (χ1v) is 6.98. The largest absolute Gasteiger partial charge is 0.394 e. The van der Waals surface area contributed by atoms with Gasteiger partial charge in [-0.15, -0.1) is 0 Å². The van der Waals surface area contributed by atoms with Crippen LogP contribution in [-0.2, 0) is 14.2 Å². The molecule has 0 aliphatic rings. The Labute approximate surface area is 120 Å². The monoisotopic (exact) mass is 296 g/mol. The second-order valence-corrected chi connectivity index (χ2v) is 4.65. The molecule has 0 aliphatic carbocycles. The highest BCUT2D eigenvalue weighted by molar-refractivity contribution is 4.57. The van der Waals surface area contributed by atoms with Gasteiger partial charge in [0.05, 0.1) is 39.6 Å². The molecule has 3 atom stereocenters. The van der Waals surface area contributed by atoms with Gasteiger partial charge < -0.3 is 34.6 Å². The zero-order chi connectivity index (χ0) is 15.2. The van der Waals surface area contributed by atoms with Gasteiger partial charge in [-0.2, -0.15) is 0 Å². The van der Waals surface area contributed by atoms with E-state index in [1.807, 2.05) is 0 Å². The third-order valence-corrected chi connectivity index (χ3v) is 2.40. The summed E-state index contributed by atoms with van der Waals surface area (Å²) in [6.45, 7) is 2.60. The fraction of sp³-hybridized carbons (Fsp3) is 1.00. The first-order chi connectivity index (χ1) is 9.60. The molecule has 20 heavy (non-hydrogen) atoms. The molecule has 0 aromatic heterocycles. The van der Waals surface area contributed by atoms with Crippen LogP contribution in [0.1, 0.15) is 19.8 Å². The van der Waals surface area contributed by atoms with Gasteiger partial charge in [0.15, 0.2) is 0 Å². The fourth-order valence-corrected chi connectivity index (χ4v) is 1.29. The first-order valence-electron chi connectivity index (χ1n) is 6.98. The van der Waals surface area contributed by atoms with E-state index in [0.717, 1.165) is 12.8 Å². The number of hydrogen-bond donors (Lipinski definition) is 4. The van der Waals surface area contributed by atoms with Gasteiger partial charge >= 0.3 is 0 Å². The second-order valence-electron chi connectivity index (χ2n) is 4.65. The van der Waals surface area contributed by atoms with Crippen molar-refractivity contribution < 1.29 is 34.6 Å². The zero-order valence-electron chi connectivity index (χ0n) is 12.1. The van der Waals surface area contributed by atoms with Crippen LogP contribution in [0.15, 0.2) is 0 Å². The van der Waals surface area contributed by atoms with E-state index < -0.39 is 18.3 Å². The lowest BCUT2D eigenvalue weighted by Gasteiger charge is -2.15. The van der Waals surface area contributed by atoms with Crippen LogP contribution in [0.4, 0.5) is 0 Å². The van der Waals surface area contributed by atoms with Crippen molar-refractivity contribution in [3.05, 3.63) is 0 Å². The van der Waals surface area contributed by atoms with E-state index in [1.165, 1.54) is 0 Å². The summed E-state index contributed by atoms with van der Waals surface area (Å²) in [7, 11) is 0. The van der Waals surface area contributed by atoms with Gasteiger partial charge in [0.1, 0.15) is 18.3 Å². The Hall–Kier alpha value is -0.280. The van der Waals surface area contributed by atoms with E-state index in [0.29, 0.717) is 6.61 Å². The normalized spacial score (nSPS) is 16.1. The molecule has 0 fully saturated rings. The maximum Gasteiger partial charge on any atom is 0.101 e. The Morgan fingerprint density at radius 1 is 0.750 bits per heavy atom. The molecule has 4 N–H and O–H groups in total. The number of aliphatic hydroxyl groups excluding tert-OH is 4. The molecule has 0 saturated carbocycles. The van der Waals surface area contributed by atoms with Gasteiger partial charge in [-0.05, 0) is 6.42 Å². The highest BCUT2D eigenvalue weighted by Crippen LogP contribution is 1.94. The minimum absolute atomic E-state index is 0.000154. The van der Waals surface area contributed by atoms with Crippen molar-refractivity contribution in [1.29, 1.82) is 0 Å². The van der Waals surface area contributed by atoms with Crippen molar-refractivity contribution in [3.63, 3.8) is 0 Å². The van der Waals surface area contributed by atoms with E-state index in [9.17, 15) is 10.2 Å². The van der Waals surface area contributed by atoms with E-state index in [2.05, 4.69) is 6.92 Å². The van der Waals surface area contributed by atoms with Crippen molar-refractivity contribution in [2.45, 2.75) is 38.1 Å². The molecule has 0 aromatic rings. The third kappa shape index (κ3) is 12.7. The van der Waals surface area contributed by atoms with Gasteiger partial charge in [-0.1, -0.05) is 13.3 Å². The number of ether oxygens (including phenoxy) is 3. The van der Waals surface area contributed by atoms with Crippen LogP contribution in [0.3, 0.4) is 0 Å². The molecule has 0 saturated heterocycles. The quantitative estimate of drug-likeness (QED) is 0.302. The molecule has 0 radical (unpaired) electrons. The van der Waals surface area contributed by atoms with E-state index >= 15 is 0 Å². The lowest BCUT2D eigenvalue weighted by molar-refractivity contribution is -0.0675. The number of aliphatic hydroxyl groups is 4. The molecule has 0 bridgehead atoms. The summed E-state index contributed by atoms with van der Waals surface area (Å²) in [6.07, 6.45) is -0.483. The van der Waals surface area contributed by atoms with Gasteiger partial charge in [-0.3, -0.25) is 0 Å². The Bertz CT molecular complexity index is 203. The van der Waals surface area contributed by atoms with Crippen LogP contribution in [0.2, 0.25) is 0 Å². The molecule has 0 amide bonds. The minimum atomic E-state index is -0.940. The number of rotatable bonds is 14. The Morgan fingerprint density at radius 3 is 1.65 bits per heavy atom. The summed E-state index contributed by atoms with van der Waals surface area (Å²) in [5, 5.41) is 36.6. The zero-order valence-corrected chi connectivity index (χ0v) is 12.1. The summed E-state index contributed by atoms with van der Waals surface area (Å²) in [6, 6.07) is 0. The van der Waals surface area contributed by atoms with Crippen molar-refractivity contribution in [2.24, 2.45) is 0 Å². The highest BCUT2D eigenvalue weighted by atomic mass is 16.5. The molecular formula is C13H28O7. The van der Waals surface area contributed by atoms with Gasteiger partial charge in [0, 0.05) is 6.61 Å². The predicted molar refractivity (Wildman–Crippen MR) is 72.5 cm³/mol. The lowest BCUT2D eigenvalue weighted by Crippen LogP contribution is -2.29. The van der Waals surface area contributed by atoms with Crippen LogP contribution >= 0.6 is 0 Å². The summed E-state index contributed by atoms with van der Waals surface area (Å²) in [4.78, 5) is 0. The van der Waals surface area contributed by atoms with Crippen LogP contribution in [0.25, 0.3) is 0 Å². The highest BCUT2D eigenvalue weighted by Gasteiger charge is 2.09. The molecule has 0 aromatic carbocycles. The molecular weight excluding hydrogens is 268 g/mol. The van der Waals surface area contributed by atoms with Gasteiger partial charge in [0.2, 0.25) is 0 Å². The standard InChI is InChI=1S/C13H28O7/c1-2-3-4-18-7-12(16)8-20-10-13(17)9-19-6-11(15)5-14/h11-17H,2-10H2,1H3. The molecule has 0 heterocycles. The van der Waals surface area contributed by atoms with Gasteiger partial charge in [0.25, 0.3) is 0 Å². The SMILES string of the molecule is CCCCOCC(O)COCC(O)COCC(O)CO. The maximum atomic E-state index is 9.52. The van der Waals surface area contributed by atoms with Crippen molar-refractivity contribution in [3.8, 4) is 0 Å². The van der Waals surface area contributed by atoms with Crippen LogP contribution in [0.5, 0.6) is 0 Å². The Morgan fingerprint density at radius 2 is 1.20 bits per heavy atom. The smallest absolute Gasteiger partial charge is 0.101 e. The van der Waals surface area contributed by atoms with E-state index in [4.69, 9.17) is 24.4 Å². The number of unbranched alkanes of at least 4 members (excludes halogenated alkanes) is 1. The van der Waals surface area contributed by atoms with Crippen molar-refractivity contribution in [1.82, 2.24) is 0 Å². The number of hydrogen-bond acceptors (Lipinski definition) is 7. The summed E-state index contributed by atoms with van der Waals surface area (Å²) in [5.74, 6) is 0. The molecule has 7 heteroatoms. The fourth-order valence-electron chi connectivity index (χ4n) is 1.29. The summed E-state index contributed by atoms with van der Waals surface area (Å²) >= 11 is 0. The molecule has 0 spiro atoms. The van der Waals surface area contributed by atoms with Crippen LogP contribution in [-0.4, -0.2) is 85.0 Å².